The van der Waals surface area contributed by atoms with Gasteiger partial charge in [-0.1, -0.05) is 51.0 Å². The molecule has 10 rings (SSSR count). The van der Waals surface area contributed by atoms with Crippen LogP contribution in [0.25, 0.3) is 44.3 Å². The Hall–Kier alpha value is -6.94. The maximum absolute atomic E-state index is 13.7. The average Bonchev–Trinajstić information content (AvgIpc) is 4.02. The van der Waals surface area contributed by atoms with Gasteiger partial charge in [0.15, 0.2) is 11.6 Å². The van der Waals surface area contributed by atoms with Crippen LogP contribution < -0.4 is 9.47 Å². The number of aromatic amines is 1. The first-order valence-electron chi connectivity index (χ1n) is 27.6. The average molecular weight is 1080 g/mol. The zero-order chi connectivity index (χ0) is 55.4. The SMILES string of the molecule is CC[SiH](CC)CC.Cc1cc(-c2n[nH]c3ccc(C(=O)CC4CCCC(CO)(Oc5cccc(F)c5)C4)cc23)ccn1.Cc1cc(-c2nn(C)c3ccc(C(=O)CC4CCCC(CO)(Oc5cccc(F)c5)C4)cc23)ccn1. The summed E-state index contributed by atoms with van der Waals surface area (Å²) in [5, 5.41) is 34.4. The quantitative estimate of drug-likeness (QED) is 0.0590. The molecule has 4 atom stereocenters. The molecule has 2 saturated carbocycles. The summed E-state index contributed by atoms with van der Waals surface area (Å²) < 4.78 is 41.3. The number of carbonyl (C=O) groups is 2. The fourth-order valence-corrected chi connectivity index (χ4v) is 13.1. The van der Waals surface area contributed by atoms with E-state index in [1.807, 2.05) is 86.2 Å². The third-order valence-electron chi connectivity index (χ3n) is 15.7. The lowest BCUT2D eigenvalue weighted by atomic mass is 9.76. The fraction of sp³-hybridized carbons (Fsp3) is 0.397. The first-order valence-corrected chi connectivity index (χ1v) is 30.1. The summed E-state index contributed by atoms with van der Waals surface area (Å²) in [6.07, 6.45) is 10.1. The van der Waals surface area contributed by atoms with E-state index in [1.54, 1.807) is 36.7 Å². The number of aliphatic hydroxyl groups is 2. The lowest BCUT2D eigenvalue weighted by Gasteiger charge is -2.39. The number of aryl methyl sites for hydroxylation is 3. The molecule has 410 valence electrons. The van der Waals surface area contributed by atoms with Gasteiger partial charge in [0, 0.05) is 97.6 Å². The summed E-state index contributed by atoms with van der Waals surface area (Å²) in [7, 11) is 1.73. The molecule has 8 aromatic rings. The Labute approximate surface area is 458 Å². The standard InChI is InChI=1S/C29H30FN3O3.C28H28FN3O3.C6H16Si/c1-19-13-22(10-12-31-19)28-25-15-21(8-9-26(25)33(2)32-28)27(35)14-20-5-4-11-29(17-20,18-34)36-24-7-3-6-23(30)16-24;1-18-12-21(9-11-30-18)27-24-14-20(7-8-25(24)31-32-27)26(34)13-19-4-3-10-28(16-19,17-33)35-23-6-2-5-22(29)15-23;1-4-7(5-2)6-3/h3,6-10,12-13,15-16,20,34H,4-5,11,14,17-18H2,1-2H3;2,5-9,11-12,14-15,19,33H,3-4,10,13,16-17H2,1H3,(H,31,32);7H,4-6H2,1-3H3. The molecule has 3 N–H and O–H groups in total. The molecule has 0 saturated heterocycles. The second kappa shape index (κ2) is 26.1. The van der Waals surface area contributed by atoms with Crippen molar-refractivity contribution >= 4 is 42.2 Å². The molecule has 0 aliphatic heterocycles. The van der Waals surface area contributed by atoms with Crippen molar-refractivity contribution in [2.45, 2.75) is 128 Å². The van der Waals surface area contributed by atoms with Crippen molar-refractivity contribution in [1.82, 2.24) is 29.9 Å². The van der Waals surface area contributed by atoms with Crippen molar-refractivity contribution in [3.05, 3.63) is 156 Å². The van der Waals surface area contributed by atoms with Crippen molar-refractivity contribution in [1.29, 1.82) is 0 Å². The number of halogens is 2. The number of aromatic nitrogens is 6. The van der Waals surface area contributed by atoms with Crippen LogP contribution in [-0.2, 0) is 7.05 Å². The van der Waals surface area contributed by atoms with Gasteiger partial charge in [0.05, 0.1) is 24.2 Å². The van der Waals surface area contributed by atoms with Crippen LogP contribution in [0.5, 0.6) is 11.5 Å². The Morgan fingerprint density at radius 3 is 1.64 bits per heavy atom. The molecule has 12 nitrogen and oxygen atoms in total. The maximum atomic E-state index is 13.7. The van der Waals surface area contributed by atoms with Gasteiger partial charge in [0.2, 0.25) is 0 Å². The monoisotopic (exact) mass is 1080 g/mol. The number of benzene rings is 4. The molecule has 78 heavy (non-hydrogen) atoms. The number of hydrogen-bond acceptors (Lipinski definition) is 10. The second-order valence-corrected chi connectivity index (χ2v) is 25.7. The number of ketones is 2. The van der Waals surface area contributed by atoms with E-state index in [0.29, 0.717) is 61.2 Å². The number of ether oxygens (including phenoxy) is 2. The molecule has 2 aliphatic rings. The number of carbonyl (C=O) groups excluding carboxylic acids is 2. The highest BCUT2D eigenvalue weighted by molar-refractivity contribution is 6.58. The summed E-state index contributed by atoms with van der Waals surface area (Å²) >= 11 is 0. The van der Waals surface area contributed by atoms with Gasteiger partial charge in [-0.25, -0.2) is 8.78 Å². The normalized spacial score (nSPS) is 19.2. The van der Waals surface area contributed by atoms with Gasteiger partial charge in [-0.05, 0) is 162 Å². The predicted octanol–water partition coefficient (Wildman–Crippen LogP) is 13.6. The zero-order valence-electron chi connectivity index (χ0n) is 45.9. The molecule has 0 radical (unpaired) electrons. The minimum atomic E-state index is -0.809. The van der Waals surface area contributed by atoms with Crippen molar-refractivity contribution in [3.63, 3.8) is 0 Å². The van der Waals surface area contributed by atoms with E-state index in [0.717, 1.165) is 81.4 Å². The first kappa shape index (κ1) is 57.2. The molecule has 2 fully saturated rings. The summed E-state index contributed by atoms with van der Waals surface area (Å²) in [6.45, 7) is 10.5. The van der Waals surface area contributed by atoms with E-state index in [-0.39, 0.29) is 57.0 Å². The molecule has 4 aromatic heterocycles. The predicted molar refractivity (Wildman–Crippen MR) is 307 cm³/mol. The van der Waals surface area contributed by atoms with Crippen LogP contribution in [0.4, 0.5) is 8.78 Å². The highest BCUT2D eigenvalue weighted by Crippen LogP contribution is 2.41. The zero-order valence-corrected chi connectivity index (χ0v) is 47.1. The van der Waals surface area contributed by atoms with E-state index in [9.17, 15) is 28.6 Å². The Kier molecular flexibility index (Phi) is 19.2. The fourth-order valence-electron chi connectivity index (χ4n) is 11.4. The number of pyridine rings is 2. The molecule has 0 bridgehead atoms. The number of H-pyrrole nitrogens is 1. The third-order valence-corrected chi connectivity index (χ3v) is 19.2. The van der Waals surface area contributed by atoms with Gasteiger partial charge >= 0.3 is 0 Å². The van der Waals surface area contributed by atoms with Gasteiger partial charge < -0.3 is 19.7 Å². The van der Waals surface area contributed by atoms with Crippen LogP contribution in [0.1, 0.15) is 117 Å². The van der Waals surface area contributed by atoms with E-state index < -0.39 is 11.2 Å². The highest BCUT2D eigenvalue weighted by atomic mass is 28.3. The Bertz CT molecular complexity index is 3320. The summed E-state index contributed by atoms with van der Waals surface area (Å²) in [5.41, 5.74) is 6.83. The van der Waals surface area contributed by atoms with E-state index in [4.69, 9.17) is 14.6 Å². The van der Waals surface area contributed by atoms with Crippen molar-refractivity contribution in [2.24, 2.45) is 18.9 Å². The van der Waals surface area contributed by atoms with Crippen molar-refractivity contribution in [3.8, 4) is 34.0 Å². The number of rotatable bonds is 17. The molecule has 0 amide bonds. The molecular weight excluding hydrogens is 1000 g/mol. The van der Waals surface area contributed by atoms with Crippen LogP contribution in [0.3, 0.4) is 0 Å². The first-order chi connectivity index (χ1) is 37.6. The summed E-state index contributed by atoms with van der Waals surface area (Å²) in [5.74, 6) is 0.284. The smallest absolute Gasteiger partial charge is 0.163 e. The largest absolute Gasteiger partial charge is 0.485 e. The van der Waals surface area contributed by atoms with Crippen LogP contribution in [-0.4, -0.2) is 84.9 Å². The molecule has 2 aliphatic carbocycles. The van der Waals surface area contributed by atoms with E-state index in [2.05, 4.69) is 40.9 Å². The molecule has 4 heterocycles. The van der Waals surface area contributed by atoms with Gasteiger partial charge in [0.1, 0.15) is 45.7 Å². The molecule has 4 aromatic carbocycles. The van der Waals surface area contributed by atoms with E-state index in [1.165, 1.54) is 42.4 Å². The number of nitrogens with zero attached hydrogens (tertiary/aromatic N) is 5. The van der Waals surface area contributed by atoms with Crippen molar-refractivity contribution in [2.75, 3.05) is 13.2 Å². The lowest BCUT2D eigenvalue weighted by molar-refractivity contribution is -0.0364. The number of hydrogen-bond donors (Lipinski definition) is 3. The number of aliphatic hydroxyl groups excluding tert-OH is 2. The molecule has 4 unspecified atom stereocenters. The summed E-state index contributed by atoms with van der Waals surface area (Å²) in [6, 6.07) is 35.6. The molecule has 0 spiro atoms. The molecule has 15 heteroatoms. The second-order valence-electron chi connectivity index (χ2n) is 21.5. The third kappa shape index (κ3) is 14.2. The van der Waals surface area contributed by atoms with Crippen LogP contribution in [0, 0.1) is 37.3 Å². The summed E-state index contributed by atoms with van der Waals surface area (Å²) in [4.78, 5) is 35.2. The lowest BCUT2D eigenvalue weighted by Crippen LogP contribution is -2.45. The molecular formula is C63H74F2N6O6Si. The number of Topliss-reactive ketones (excluding diaryl/α,β-unsaturated/α-hetero) is 2. The Morgan fingerprint density at radius 1 is 0.667 bits per heavy atom. The van der Waals surface area contributed by atoms with E-state index >= 15 is 0 Å². The van der Waals surface area contributed by atoms with Crippen LogP contribution in [0.2, 0.25) is 18.1 Å². The van der Waals surface area contributed by atoms with Gasteiger partial charge in [-0.2, -0.15) is 10.2 Å². The highest BCUT2D eigenvalue weighted by Gasteiger charge is 2.40. The number of fused-ring (bicyclic) bond motifs is 2. The van der Waals surface area contributed by atoms with Crippen LogP contribution in [0.15, 0.2) is 122 Å². The minimum absolute atomic E-state index is 0.0504. The van der Waals surface area contributed by atoms with Gasteiger partial charge in [-0.15, -0.1) is 0 Å². The van der Waals surface area contributed by atoms with Crippen LogP contribution >= 0.6 is 0 Å². The number of nitrogens with one attached hydrogen (secondary N) is 1. The minimum Gasteiger partial charge on any atom is -0.485 e. The topological polar surface area (TPSA) is 165 Å². The Balaban J connectivity index is 0.000000184. The van der Waals surface area contributed by atoms with Gasteiger partial charge in [0.25, 0.3) is 0 Å². The Morgan fingerprint density at radius 2 is 1.17 bits per heavy atom. The van der Waals surface area contributed by atoms with Crippen molar-refractivity contribution < 1.29 is 38.1 Å². The van der Waals surface area contributed by atoms with Gasteiger partial charge in [-0.3, -0.25) is 29.3 Å². The maximum Gasteiger partial charge on any atom is 0.163 e.